The first-order valence-electron chi connectivity index (χ1n) is 3.81. The second-order valence-corrected chi connectivity index (χ2v) is 3.42. The van der Waals surface area contributed by atoms with E-state index in [9.17, 15) is 9.18 Å². The number of carbonyl (C=O) groups excluding carboxylic acids is 1. The van der Waals surface area contributed by atoms with E-state index >= 15 is 0 Å². The molecule has 0 aliphatic rings. The molecule has 0 aliphatic carbocycles. The van der Waals surface area contributed by atoms with Gasteiger partial charge in [-0.2, -0.15) is 0 Å². The third-order valence-corrected chi connectivity index (χ3v) is 2.12. The first kappa shape index (κ1) is 11.3. The Balaban J connectivity index is 2.82. The predicted octanol–water partition coefficient (Wildman–Crippen LogP) is 3.01. The van der Waals surface area contributed by atoms with E-state index in [-0.39, 0.29) is 10.8 Å². The van der Waals surface area contributed by atoms with Crippen LogP contribution in [0.25, 0.3) is 0 Å². The summed E-state index contributed by atoms with van der Waals surface area (Å²) in [5.74, 6) is -0.234. The monoisotopic (exact) mass is 236 g/mol. The van der Waals surface area contributed by atoms with Gasteiger partial charge in [0, 0.05) is 0 Å². The first-order chi connectivity index (χ1) is 6.50. The van der Waals surface area contributed by atoms with E-state index in [4.69, 9.17) is 27.9 Å². The molecule has 2 nitrogen and oxygen atoms in total. The van der Waals surface area contributed by atoms with Crippen molar-refractivity contribution in [3.05, 3.63) is 29.0 Å². The van der Waals surface area contributed by atoms with Crippen LogP contribution in [0.2, 0.25) is 5.02 Å². The number of carbonyl (C=O) groups is 1. The summed E-state index contributed by atoms with van der Waals surface area (Å²) in [6.45, 7) is 1.48. The molecule has 0 aliphatic heterocycles. The minimum atomic E-state index is -0.806. The highest BCUT2D eigenvalue weighted by atomic mass is 35.5. The molecular formula is C9H7Cl2FO2. The van der Waals surface area contributed by atoms with Crippen LogP contribution in [0.5, 0.6) is 5.75 Å². The maximum Gasteiger partial charge on any atom is 0.262 e. The van der Waals surface area contributed by atoms with Gasteiger partial charge in [0.05, 0.1) is 5.02 Å². The van der Waals surface area contributed by atoms with Gasteiger partial charge >= 0.3 is 0 Å². The molecule has 0 fully saturated rings. The van der Waals surface area contributed by atoms with Gasteiger partial charge in [-0.15, -0.1) is 0 Å². The summed E-state index contributed by atoms with van der Waals surface area (Å²) in [7, 11) is 0. The number of ether oxygens (including phenoxy) is 1. The summed E-state index contributed by atoms with van der Waals surface area (Å²) < 4.78 is 17.7. The number of benzene rings is 1. The molecule has 5 heteroatoms. The van der Waals surface area contributed by atoms with Crippen molar-refractivity contribution in [3.8, 4) is 5.75 Å². The summed E-state index contributed by atoms with van der Waals surface area (Å²) in [6, 6.07) is 3.63. The molecule has 1 aromatic rings. The summed E-state index contributed by atoms with van der Waals surface area (Å²) in [4.78, 5) is 10.6. The van der Waals surface area contributed by atoms with E-state index in [2.05, 4.69) is 0 Å². The minimum Gasteiger partial charge on any atom is -0.480 e. The van der Waals surface area contributed by atoms with E-state index in [1.165, 1.54) is 19.1 Å². The maximum absolute atomic E-state index is 12.6. The van der Waals surface area contributed by atoms with E-state index in [1.807, 2.05) is 0 Å². The molecule has 0 bridgehead atoms. The SMILES string of the molecule is CC(Oc1ccc(F)cc1Cl)C(=O)Cl. The van der Waals surface area contributed by atoms with Crippen LogP contribution in [0, 0.1) is 5.82 Å². The topological polar surface area (TPSA) is 26.3 Å². The molecular weight excluding hydrogens is 230 g/mol. The summed E-state index contributed by atoms with van der Waals surface area (Å²) >= 11 is 10.8. The molecule has 0 heterocycles. The lowest BCUT2D eigenvalue weighted by Gasteiger charge is -2.11. The van der Waals surface area contributed by atoms with E-state index in [0.29, 0.717) is 0 Å². The average Bonchev–Trinajstić information content (AvgIpc) is 2.09. The Morgan fingerprint density at radius 2 is 2.21 bits per heavy atom. The Bertz CT molecular complexity index is 355. The highest BCUT2D eigenvalue weighted by Crippen LogP contribution is 2.26. The number of halogens is 3. The standard InChI is InChI=1S/C9H7Cl2FO2/c1-5(9(11)13)14-8-3-2-6(12)4-7(8)10/h2-5H,1H3. The first-order valence-corrected chi connectivity index (χ1v) is 4.57. The van der Waals surface area contributed by atoms with Gasteiger partial charge in [-0.3, -0.25) is 4.79 Å². The minimum absolute atomic E-state index is 0.106. The predicted molar refractivity (Wildman–Crippen MR) is 52.4 cm³/mol. The van der Waals surface area contributed by atoms with Crippen LogP contribution >= 0.6 is 23.2 Å². The second-order valence-electron chi connectivity index (χ2n) is 2.64. The van der Waals surface area contributed by atoms with Gasteiger partial charge in [-0.1, -0.05) is 11.6 Å². The Morgan fingerprint density at radius 3 is 2.71 bits per heavy atom. The molecule has 1 atom stereocenters. The molecule has 0 saturated carbocycles. The lowest BCUT2D eigenvalue weighted by atomic mass is 10.3. The quantitative estimate of drug-likeness (QED) is 0.755. The van der Waals surface area contributed by atoms with Crippen molar-refractivity contribution in [2.24, 2.45) is 0 Å². The normalized spacial score (nSPS) is 12.3. The van der Waals surface area contributed by atoms with Gasteiger partial charge in [0.2, 0.25) is 0 Å². The van der Waals surface area contributed by atoms with Crippen molar-refractivity contribution in [2.75, 3.05) is 0 Å². The molecule has 0 N–H and O–H groups in total. The van der Waals surface area contributed by atoms with E-state index in [1.54, 1.807) is 0 Å². The summed E-state index contributed by atoms with van der Waals surface area (Å²) in [5, 5.41) is -0.528. The van der Waals surface area contributed by atoms with Gasteiger partial charge < -0.3 is 4.74 Å². The maximum atomic E-state index is 12.6. The average molecular weight is 237 g/mol. The molecule has 0 radical (unpaired) electrons. The zero-order valence-electron chi connectivity index (χ0n) is 7.26. The fraction of sp³-hybridized carbons (Fsp3) is 0.222. The molecule has 1 rings (SSSR count). The smallest absolute Gasteiger partial charge is 0.262 e. The molecule has 76 valence electrons. The molecule has 1 aromatic carbocycles. The number of hydrogen-bond donors (Lipinski definition) is 0. The fourth-order valence-electron chi connectivity index (χ4n) is 0.808. The molecule has 0 saturated heterocycles. The van der Waals surface area contributed by atoms with Gasteiger partial charge in [0.15, 0.2) is 6.10 Å². The molecule has 0 amide bonds. The Kier molecular flexibility index (Phi) is 3.72. The second kappa shape index (κ2) is 4.62. The Hall–Kier alpha value is -0.800. The van der Waals surface area contributed by atoms with Crippen LogP contribution in [0.1, 0.15) is 6.92 Å². The molecule has 0 aromatic heterocycles. The van der Waals surface area contributed by atoms with Crippen LogP contribution < -0.4 is 4.74 Å². The largest absolute Gasteiger partial charge is 0.480 e. The van der Waals surface area contributed by atoms with Crippen LogP contribution in [-0.2, 0) is 4.79 Å². The van der Waals surface area contributed by atoms with Crippen LogP contribution in [-0.4, -0.2) is 11.3 Å². The Morgan fingerprint density at radius 1 is 1.57 bits per heavy atom. The zero-order valence-corrected chi connectivity index (χ0v) is 8.77. The van der Waals surface area contributed by atoms with Crippen LogP contribution in [0.3, 0.4) is 0 Å². The summed E-state index contributed by atoms with van der Waals surface area (Å²) in [5.41, 5.74) is 0. The summed E-state index contributed by atoms with van der Waals surface area (Å²) in [6.07, 6.45) is -0.806. The van der Waals surface area contributed by atoms with E-state index in [0.717, 1.165) is 6.07 Å². The van der Waals surface area contributed by atoms with Crippen LogP contribution in [0.4, 0.5) is 4.39 Å². The van der Waals surface area contributed by atoms with Crippen molar-refractivity contribution in [1.82, 2.24) is 0 Å². The van der Waals surface area contributed by atoms with Crippen molar-refractivity contribution in [1.29, 1.82) is 0 Å². The van der Waals surface area contributed by atoms with Crippen molar-refractivity contribution >= 4 is 28.4 Å². The highest BCUT2D eigenvalue weighted by Gasteiger charge is 2.13. The molecule has 0 spiro atoms. The highest BCUT2D eigenvalue weighted by molar-refractivity contribution is 6.64. The lowest BCUT2D eigenvalue weighted by Crippen LogP contribution is -2.19. The zero-order chi connectivity index (χ0) is 10.7. The lowest BCUT2D eigenvalue weighted by molar-refractivity contribution is -0.117. The van der Waals surface area contributed by atoms with Crippen LogP contribution in [0.15, 0.2) is 18.2 Å². The number of hydrogen-bond acceptors (Lipinski definition) is 2. The number of rotatable bonds is 3. The van der Waals surface area contributed by atoms with Gasteiger partial charge in [0.25, 0.3) is 5.24 Å². The van der Waals surface area contributed by atoms with Crippen molar-refractivity contribution < 1.29 is 13.9 Å². The van der Waals surface area contributed by atoms with Crippen molar-refractivity contribution in [3.63, 3.8) is 0 Å². The molecule has 14 heavy (non-hydrogen) atoms. The van der Waals surface area contributed by atoms with Gasteiger partial charge in [0.1, 0.15) is 11.6 Å². The van der Waals surface area contributed by atoms with Crippen molar-refractivity contribution in [2.45, 2.75) is 13.0 Å². The third kappa shape index (κ3) is 2.86. The third-order valence-electron chi connectivity index (χ3n) is 1.52. The Labute approximate surface area is 90.6 Å². The fourth-order valence-corrected chi connectivity index (χ4v) is 1.06. The molecule has 1 unspecified atom stereocenters. The van der Waals surface area contributed by atoms with E-state index < -0.39 is 17.2 Å². The van der Waals surface area contributed by atoms with Gasteiger partial charge in [-0.05, 0) is 36.7 Å². The van der Waals surface area contributed by atoms with Gasteiger partial charge in [-0.25, -0.2) is 4.39 Å².